The summed E-state index contributed by atoms with van der Waals surface area (Å²) in [5.41, 5.74) is 0.591. The molecule has 7 heteroatoms. The number of rotatable bonds is 7. The molecule has 2 aliphatic rings. The molecule has 0 unspecified atom stereocenters. The highest BCUT2D eigenvalue weighted by Gasteiger charge is 2.38. The van der Waals surface area contributed by atoms with Crippen LogP contribution in [0.2, 0.25) is 0 Å². The average molecular weight is 367 g/mol. The van der Waals surface area contributed by atoms with Gasteiger partial charge in [0.1, 0.15) is 0 Å². The van der Waals surface area contributed by atoms with Gasteiger partial charge in [-0.15, -0.1) is 23.1 Å². The van der Waals surface area contributed by atoms with Gasteiger partial charge in [0.2, 0.25) is 0 Å². The SMILES string of the molecule is CCSC1=C(c2cccs2)C(=O)N(CCCN2CCOCC2)C1=O. The van der Waals surface area contributed by atoms with E-state index in [0.717, 1.165) is 49.9 Å². The first-order valence-corrected chi connectivity index (χ1v) is 10.2. The standard InChI is InChI=1S/C17H22N2O3S2/c1-2-23-15-14(13-5-3-12-24-13)16(20)19(17(15)21)7-4-6-18-8-10-22-11-9-18/h3,5,12H,2,4,6-11H2,1H3. The Morgan fingerprint density at radius 1 is 1.21 bits per heavy atom. The molecule has 0 aromatic carbocycles. The van der Waals surface area contributed by atoms with E-state index < -0.39 is 0 Å². The lowest BCUT2D eigenvalue weighted by Gasteiger charge is -2.27. The van der Waals surface area contributed by atoms with Gasteiger partial charge in [0, 0.05) is 31.1 Å². The lowest BCUT2D eigenvalue weighted by Crippen LogP contribution is -2.39. The van der Waals surface area contributed by atoms with Crippen molar-refractivity contribution in [3.05, 3.63) is 27.3 Å². The summed E-state index contributed by atoms with van der Waals surface area (Å²) in [7, 11) is 0. The fourth-order valence-electron chi connectivity index (χ4n) is 2.95. The van der Waals surface area contributed by atoms with E-state index in [1.165, 1.54) is 28.0 Å². The highest BCUT2D eigenvalue weighted by atomic mass is 32.2. The first kappa shape index (κ1) is 17.7. The van der Waals surface area contributed by atoms with Gasteiger partial charge in [-0.25, -0.2) is 0 Å². The average Bonchev–Trinajstić information content (AvgIpc) is 3.19. The molecule has 1 fully saturated rings. The first-order chi connectivity index (χ1) is 11.7. The molecular weight excluding hydrogens is 344 g/mol. The molecule has 5 nitrogen and oxygen atoms in total. The number of ether oxygens (including phenoxy) is 1. The van der Waals surface area contributed by atoms with Gasteiger partial charge in [-0.2, -0.15) is 0 Å². The normalized spacial score (nSPS) is 19.6. The number of thiophene rings is 1. The summed E-state index contributed by atoms with van der Waals surface area (Å²) in [5, 5.41) is 1.94. The highest BCUT2D eigenvalue weighted by Crippen LogP contribution is 2.37. The van der Waals surface area contributed by atoms with Crippen molar-refractivity contribution in [2.45, 2.75) is 13.3 Å². The Hall–Kier alpha value is -1.15. The number of carbonyl (C=O) groups excluding carboxylic acids is 2. The highest BCUT2D eigenvalue weighted by molar-refractivity contribution is 8.04. The number of hydrogen-bond acceptors (Lipinski definition) is 6. The summed E-state index contributed by atoms with van der Waals surface area (Å²) in [6, 6.07) is 3.83. The van der Waals surface area contributed by atoms with E-state index in [0.29, 0.717) is 17.0 Å². The maximum atomic E-state index is 12.8. The van der Waals surface area contributed by atoms with E-state index >= 15 is 0 Å². The van der Waals surface area contributed by atoms with Crippen LogP contribution in [-0.4, -0.2) is 66.8 Å². The van der Waals surface area contributed by atoms with E-state index in [1.54, 1.807) is 0 Å². The predicted molar refractivity (Wildman–Crippen MR) is 98.0 cm³/mol. The van der Waals surface area contributed by atoms with Crippen LogP contribution < -0.4 is 0 Å². The third kappa shape index (κ3) is 3.74. The van der Waals surface area contributed by atoms with Crippen LogP contribution in [0.3, 0.4) is 0 Å². The Balaban J connectivity index is 1.65. The van der Waals surface area contributed by atoms with E-state index in [1.807, 2.05) is 24.4 Å². The van der Waals surface area contributed by atoms with Gasteiger partial charge in [0.25, 0.3) is 11.8 Å². The minimum atomic E-state index is -0.139. The van der Waals surface area contributed by atoms with Crippen LogP contribution in [0.4, 0.5) is 0 Å². The van der Waals surface area contributed by atoms with Crippen LogP contribution in [-0.2, 0) is 14.3 Å². The Bertz CT molecular complexity index is 622. The second kappa shape index (κ2) is 8.29. The minimum absolute atomic E-state index is 0.128. The third-order valence-electron chi connectivity index (χ3n) is 4.14. The second-order valence-corrected chi connectivity index (χ2v) is 7.91. The van der Waals surface area contributed by atoms with Gasteiger partial charge in [-0.3, -0.25) is 19.4 Å². The number of hydrogen-bond donors (Lipinski definition) is 0. The van der Waals surface area contributed by atoms with Crippen LogP contribution in [0.1, 0.15) is 18.2 Å². The molecule has 0 saturated carbocycles. The maximum Gasteiger partial charge on any atom is 0.268 e. The zero-order valence-electron chi connectivity index (χ0n) is 13.8. The molecule has 130 valence electrons. The first-order valence-electron chi connectivity index (χ1n) is 8.29. The molecule has 1 aromatic rings. The van der Waals surface area contributed by atoms with E-state index in [-0.39, 0.29) is 11.8 Å². The van der Waals surface area contributed by atoms with Crippen molar-refractivity contribution >= 4 is 40.5 Å². The summed E-state index contributed by atoms with van der Waals surface area (Å²) in [4.78, 5) is 30.7. The molecule has 1 aromatic heterocycles. The number of nitrogens with zero attached hydrogens (tertiary/aromatic N) is 2. The number of morpholine rings is 1. The van der Waals surface area contributed by atoms with Crippen molar-refractivity contribution in [2.24, 2.45) is 0 Å². The quantitative estimate of drug-likeness (QED) is 0.693. The number of thioether (sulfide) groups is 1. The van der Waals surface area contributed by atoms with E-state index in [9.17, 15) is 9.59 Å². The summed E-state index contributed by atoms with van der Waals surface area (Å²) >= 11 is 2.98. The fourth-order valence-corrected chi connectivity index (χ4v) is 4.65. The summed E-state index contributed by atoms with van der Waals surface area (Å²) in [6.45, 7) is 6.77. The third-order valence-corrected chi connectivity index (χ3v) is 5.98. The van der Waals surface area contributed by atoms with Crippen LogP contribution in [0.5, 0.6) is 0 Å². The van der Waals surface area contributed by atoms with E-state index in [2.05, 4.69) is 4.90 Å². The van der Waals surface area contributed by atoms with Crippen molar-refractivity contribution in [2.75, 3.05) is 45.1 Å². The zero-order valence-corrected chi connectivity index (χ0v) is 15.5. The van der Waals surface area contributed by atoms with Gasteiger partial charge in [-0.05, 0) is 23.6 Å². The van der Waals surface area contributed by atoms with Crippen molar-refractivity contribution in [3.63, 3.8) is 0 Å². The summed E-state index contributed by atoms with van der Waals surface area (Å²) < 4.78 is 5.34. The lowest BCUT2D eigenvalue weighted by molar-refractivity contribution is -0.136. The Kier molecular flexibility index (Phi) is 6.10. The lowest BCUT2D eigenvalue weighted by atomic mass is 10.2. The van der Waals surface area contributed by atoms with Crippen LogP contribution in [0.15, 0.2) is 22.4 Å². The van der Waals surface area contributed by atoms with Crippen molar-refractivity contribution in [1.82, 2.24) is 9.80 Å². The minimum Gasteiger partial charge on any atom is -0.379 e. The van der Waals surface area contributed by atoms with Gasteiger partial charge in [0.05, 0.1) is 23.7 Å². The Morgan fingerprint density at radius 3 is 2.67 bits per heavy atom. The molecule has 24 heavy (non-hydrogen) atoms. The van der Waals surface area contributed by atoms with Crippen LogP contribution in [0.25, 0.3) is 5.57 Å². The molecule has 1 saturated heterocycles. The largest absolute Gasteiger partial charge is 0.379 e. The number of amides is 2. The predicted octanol–water partition coefficient (Wildman–Crippen LogP) is 2.30. The Labute approximate surface area is 150 Å². The molecule has 0 atom stereocenters. The molecule has 0 N–H and O–H groups in total. The smallest absolute Gasteiger partial charge is 0.268 e. The topological polar surface area (TPSA) is 49.9 Å². The second-order valence-electron chi connectivity index (χ2n) is 5.68. The molecular formula is C17H22N2O3S2. The van der Waals surface area contributed by atoms with Crippen LogP contribution >= 0.6 is 23.1 Å². The molecule has 0 spiro atoms. The fraction of sp³-hybridized carbons (Fsp3) is 0.529. The van der Waals surface area contributed by atoms with E-state index in [4.69, 9.17) is 4.74 Å². The Morgan fingerprint density at radius 2 is 2.00 bits per heavy atom. The zero-order chi connectivity index (χ0) is 16.9. The maximum absolute atomic E-state index is 12.8. The molecule has 3 heterocycles. The van der Waals surface area contributed by atoms with Crippen molar-refractivity contribution < 1.29 is 14.3 Å². The summed E-state index contributed by atoms with van der Waals surface area (Å²) in [6.07, 6.45) is 0.805. The van der Waals surface area contributed by atoms with Crippen LogP contribution in [0, 0.1) is 0 Å². The van der Waals surface area contributed by atoms with Crippen molar-refractivity contribution in [3.8, 4) is 0 Å². The molecule has 3 rings (SSSR count). The van der Waals surface area contributed by atoms with Gasteiger partial charge in [-0.1, -0.05) is 13.0 Å². The number of imide groups is 1. The molecule has 2 aliphatic heterocycles. The number of carbonyl (C=O) groups is 2. The summed E-state index contributed by atoms with van der Waals surface area (Å²) in [5.74, 6) is 0.516. The molecule has 0 bridgehead atoms. The van der Waals surface area contributed by atoms with Gasteiger partial charge in [0.15, 0.2) is 0 Å². The molecule has 0 aliphatic carbocycles. The molecule has 0 radical (unpaired) electrons. The van der Waals surface area contributed by atoms with Crippen molar-refractivity contribution in [1.29, 1.82) is 0 Å². The molecule has 2 amide bonds. The van der Waals surface area contributed by atoms with Gasteiger partial charge < -0.3 is 4.74 Å². The monoisotopic (exact) mass is 366 g/mol. The van der Waals surface area contributed by atoms with Gasteiger partial charge >= 0.3 is 0 Å².